The molecule has 5 nitrogen and oxygen atoms in total. The van der Waals surface area contributed by atoms with Gasteiger partial charge in [0.15, 0.2) is 0 Å². The summed E-state index contributed by atoms with van der Waals surface area (Å²) >= 11 is 0. The zero-order valence-electron chi connectivity index (χ0n) is 11.8. The van der Waals surface area contributed by atoms with Crippen molar-refractivity contribution in [2.75, 3.05) is 6.54 Å². The Labute approximate surface area is 122 Å². The number of carbonyl (C=O) groups excluding carboxylic acids is 1. The summed E-state index contributed by atoms with van der Waals surface area (Å²) < 4.78 is 1.39. The zero-order chi connectivity index (χ0) is 15.2. The van der Waals surface area contributed by atoms with Crippen LogP contribution in [-0.2, 0) is 13.5 Å². The number of benzene rings is 1. The summed E-state index contributed by atoms with van der Waals surface area (Å²) in [6.07, 6.45) is 1.35. The second kappa shape index (κ2) is 6.85. The molecular formula is C16H18N2O3. The third-order valence-electron chi connectivity index (χ3n) is 3.18. The fraction of sp³-hybridized carbons (Fsp3) is 0.250. The van der Waals surface area contributed by atoms with Gasteiger partial charge in [0.25, 0.3) is 11.5 Å². The predicted molar refractivity (Wildman–Crippen MR) is 80.2 cm³/mol. The van der Waals surface area contributed by atoms with E-state index in [1.165, 1.54) is 16.8 Å². The van der Waals surface area contributed by atoms with Crippen molar-refractivity contribution in [2.45, 2.75) is 12.5 Å². The van der Waals surface area contributed by atoms with Crippen molar-refractivity contribution in [2.24, 2.45) is 7.05 Å². The van der Waals surface area contributed by atoms with Crippen LogP contribution in [0, 0.1) is 0 Å². The van der Waals surface area contributed by atoms with Gasteiger partial charge >= 0.3 is 0 Å². The zero-order valence-corrected chi connectivity index (χ0v) is 11.8. The summed E-state index contributed by atoms with van der Waals surface area (Å²) in [6, 6.07) is 12.4. The van der Waals surface area contributed by atoms with Gasteiger partial charge in [0.2, 0.25) is 0 Å². The van der Waals surface area contributed by atoms with E-state index in [2.05, 4.69) is 5.32 Å². The summed E-state index contributed by atoms with van der Waals surface area (Å²) in [4.78, 5) is 23.4. The van der Waals surface area contributed by atoms with Gasteiger partial charge in [-0.3, -0.25) is 9.59 Å². The molecule has 0 radical (unpaired) electrons. The van der Waals surface area contributed by atoms with Crippen molar-refractivity contribution in [1.82, 2.24) is 9.88 Å². The first-order valence-electron chi connectivity index (χ1n) is 6.73. The van der Waals surface area contributed by atoms with Crippen molar-refractivity contribution < 1.29 is 9.90 Å². The summed E-state index contributed by atoms with van der Waals surface area (Å²) in [5, 5.41) is 12.5. The number of pyridine rings is 1. The van der Waals surface area contributed by atoms with Gasteiger partial charge in [-0.15, -0.1) is 0 Å². The van der Waals surface area contributed by atoms with Crippen LogP contribution < -0.4 is 10.9 Å². The number of nitrogens with zero attached hydrogens (tertiary/aromatic N) is 1. The van der Waals surface area contributed by atoms with Gasteiger partial charge in [-0.05, 0) is 11.6 Å². The molecule has 1 aromatic heterocycles. The van der Waals surface area contributed by atoms with Crippen LogP contribution >= 0.6 is 0 Å². The van der Waals surface area contributed by atoms with E-state index in [9.17, 15) is 14.7 Å². The average Bonchev–Trinajstić information content (AvgIpc) is 2.48. The molecule has 1 heterocycles. The average molecular weight is 286 g/mol. The molecule has 1 atom stereocenters. The van der Waals surface area contributed by atoms with Crippen LogP contribution in [-0.4, -0.2) is 28.2 Å². The molecule has 1 amide bonds. The smallest absolute Gasteiger partial charge is 0.251 e. The first-order chi connectivity index (χ1) is 10.1. The Morgan fingerprint density at radius 2 is 2.00 bits per heavy atom. The second-order valence-electron chi connectivity index (χ2n) is 4.92. The minimum absolute atomic E-state index is 0.142. The van der Waals surface area contributed by atoms with Gasteiger partial charge in [0, 0.05) is 37.8 Å². The van der Waals surface area contributed by atoms with Crippen molar-refractivity contribution in [3.8, 4) is 0 Å². The monoisotopic (exact) mass is 286 g/mol. The molecule has 0 unspecified atom stereocenters. The fourth-order valence-corrected chi connectivity index (χ4v) is 1.96. The number of aliphatic hydroxyl groups is 1. The minimum Gasteiger partial charge on any atom is -0.391 e. The van der Waals surface area contributed by atoms with Gasteiger partial charge in [0.1, 0.15) is 0 Å². The number of aliphatic hydroxyl groups excluding tert-OH is 1. The molecular weight excluding hydrogens is 268 g/mol. The van der Waals surface area contributed by atoms with Gasteiger partial charge in [-0.25, -0.2) is 0 Å². The first-order valence-corrected chi connectivity index (χ1v) is 6.73. The van der Waals surface area contributed by atoms with Crippen LogP contribution in [0.3, 0.4) is 0 Å². The van der Waals surface area contributed by atoms with Crippen molar-refractivity contribution in [1.29, 1.82) is 0 Å². The van der Waals surface area contributed by atoms with E-state index in [1.807, 2.05) is 30.3 Å². The summed E-state index contributed by atoms with van der Waals surface area (Å²) in [7, 11) is 1.62. The van der Waals surface area contributed by atoms with Gasteiger partial charge in [-0.1, -0.05) is 30.3 Å². The van der Waals surface area contributed by atoms with Crippen LogP contribution in [0.5, 0.6) is 0 Å². The van der Waals surface area contributed by atoms with E-state index >= 15 is 0 Å². The van der Waals surface area contributed by atoms with Crippen LogP contribution in [0.1, 0.15) is 15.9 Å². The second-order valence-corrected chi connectivity index (χ2v) is 4.92. The Hall–Kier alpha value is -2.40. The van der Waals surface area contributed by atoms with Gasteiger partial charge < -0.3 is 15.0 Å². The fourth-order valence-electron chi connectivity index (χ4n) is 1.96. The highest BCUT2D eigenvalue weighted by Crippen LogP contribution is 2.02. The first kappa shape index (κ1) is 15.0. The highest BCUT2D eigenvalue weighted by atomic mass is 16.3. The molecule has 2 N–H and O–H groups in total. The number of aryl methyl sites for hydroxylation is 1. The number of hydrogen-bond acceptors (Lipinski definition) is 3. The normalized spacial score (nSPS) is 11.9. The molecule has 0 saturated carbocycles. The number of rotatable bonds is 5. The molecule has 0 saturated heterocycles. The largest absolute Gasteiger partial charge is 0.391 e. The number of amides is 1. The van der Waals surface area contributed by atoms with Crippen LogP contribution in [0.25, 0.3) is 0 Å². The standard InChI is InChI=1S/C16H18N2O3/c1-18-8-7-13(10-15(18)20)16(21)17-11-14(19)9-12-5-3-2-4-6-12/h2-8,10,14,19H,9,11H2,1H3,(H,17,21)/t14-/m1/s1. The summed E-state index contributed by atoms with van der Waals surface area (Å²) in [6.45, 7) is 0.142. The minimum atomic E-state index is -0.664. The molecule has 1 aromatic carbocycles. The highest BCUT2D eigenvalue weighted by molar-refractivity contribution is 5.93. The third-order valence-corrected chi connectivity index (χ3v) is 3.18. The molecule has 2 aromatic rings. The van der Waals surface area contributed by atoms with Crippen molar-refractivity contribution in [3.63, 3.8) is 0 Å². The maximum atomic E-state index is 11.9. The molecule has 21 heavy (non-hydrogen) atoms. The lowest BCUT2D eigenvalue weighted by atomic mass is 10.1. The molecule has 0 aliphatic carbocycles. The third kappa shape index (κ3) is 4.29. The van der Waals surface area contributed by atoms with E-state index in [4.69, 9.17) is 0 Å². The molecule has 5 heteroatoms. The lowest BCUT2D eigenvalue weighted by Gasteiger charge is -2.12. The van der Waals surface area contributed by atoms with Crippen molar-refractivity contribution >= 4 is 5.91 Å². The van der Waals surface area contributed by atoms with E-state index < -0.39 is 6.10 Å². The van der Waals surface area contributed by atoms with Crippen LogP contribution in [0.15, 0.2) is 53.5 Å². The predicted octanol–water partition coefficient (Wildman–Crippen LogP) is 0.719. The molecule has 0 bridgehead atoms. The Balaban J connectivity index is 1.88. The topological polar surface area (TPSA) is 71.3 Å². The van der Waals surface area contributed by atoms with Crippen LogP contribution in [0.2, 0.25) is 0 Å². The Bertz CT molecular complexity index is 665. The SMILES string of the molecule is Cn1ccc(C(=O)NC[C@H](O)Cc2ccccc2)cc1=O. The molecule has 0 aliphatic heterocycles. The number of carbonyl (C=O) groups is 1. The maximum absolute atomic E-state index is 11.9. The highest BCUT2D eigenvalue weighted by Gasteiger charge is 2.10. The molecule has 0 spiro atoms. The molecule has 0 fully saturated rings. The van der Waals surface area contributed by atoms with E-state index in [0.29, 0.717) is 12.0 Å². The summed E-state index contributed by atoms with van der Waals surface area (Å²) in [5.74, 6) is -0.361. The molecule has 2 rings (SSSR count). The number of aromatic nitrogens is 1. The van der Waals surface area contributed by atoms with Crippen LogP contribution in [0.4, 0.5) is 0 Å². The summed E-state index contributed by atoms with van der Waals surface area (Å²) in [5.41, 5.74) is 1.06. The number of hydrogen-bond donors (Lipinski definition) is 2. The van der Waals surface area contributed by atoms with Crippen molar-refractivity contribution in [3.05, 3.63) is 70.1 Å². The lowest BCUT2D eigenvalue weighted by molar-refractivity contribution is 0.0915. The van der Waals surface area contributed by atoms with E-state index in [0.717, 1.165) is 5.56 Å². The Kier molecular flexibility index (Phi) is 4.90. The number of nitrogens with one attached hydrogen (secondary N) is 1. The maximum Gasteiger partial charge on any atom is 0.251 e. The van der Waals surface area contributed by atoms with E-state index in [1.54, 1.807) is 13.1 Å². The molecule has 110 valence electrons. The van der Waals surface area contributed by atoms with Gasteiger partial charge in [0.05, 0.1) is 6.10 Å². The Morgan fingerprint density at radius 3 is 2.67 bits per heavy atom. The Morgan fingerprint density at radius 1 is 1.29 bits per heavy atom. The molecule has 0 aliphatic rings. The van der Waals surface area contributed by atoms with Gasteiger partial charge in [-0.2, -0.15) is 0 Å². The van der Waals surface area contributed by atoms with E-state index in [-0.39, 0.29) is 18.0 Å². The lowest BCUT2D eigenvalue weighted by Crippen LogP contribution is -2.34. The quantitative estimate of drug-likeness (QED) is 0.850.